The molecule has 0 saturated carbocycles. The second-order valence-corrected chi connectivity index (χ2v) is 7.35. The van der Waals surface area contributed by atoms with Crippen LogP contribution in [0, 0.1) is 5.41 Å². The lowest BCUT2D eigenvalue weighted by atomic mass is 9.91. The topological polar surface area (TPSA) is 82.1 Å². The first-order valence-electron chi connectivity index (χ1n) is 8.14. The van der Waals surface area contributed by atoms with Crippen LogP contribution >= 0.6 is 0 Å². The molecular weight excluding hydrogens is 320 g/mol. The number of rotatable bonds is 4. The maximum absolute atomic E-state index is 12.4. The molecular formula is C18H22N4O3. The lowest BCUT2D eigenvalue weighted by molar-refractivity contribution is -0.116. The molecule has 1 amide bonds. The molecule has 0 fully saturated rings. The van der Waals surface area contributed by atoms with Crippen molar-refractivity contribution in [2.24, 2.45) is 12.5 Å². The summed E-state index contributed by atoms with van der Waals surface area (Å²) in [6.07, 6.45) is 0.808. The lowest BCUT2D eigenvalue weighted by Gasteiger charge is -2.15. The Morgan fingerprint density at radius 1 is 1.28 bits per heavy atom. The standard InChI is InChI=1S/C18H22N4O3/c1-18(2,3)10-12-9-15(21(4)20-12)19-16(23)11-22-13-7-5-6-8-14(13)25-17(22)24/h5-9H,10-11H2,1-4H3,(H,19,23). The molecule has 25 heavy (non-hydrogen) atoms. The Labute approximate surface area is 145 Å². The molecule has 3 rings (SSSR count). The number of aryl methyl sites for hydroxylation is 1. The maximum atomic E-state index is 12.4. The summed E-state index contributed by atoms with van der Waals surface area (Å²) >= 11 is 0. The first-order valence-corrected chi connectivity index (χ1v) is 8.14. The van der Waals surface area contributed by atoms with Crippen molar-refractivity contribution in [3.8, 4) is 0 Å². The third-order valence-corrected chi connectivity index (χ3v) is 3.78. The van der Waals surface area contributed by atoms with E-state index in [1.165, 1.54) is 4.57 Å². The molecule has 0 bridgehead atoms. The van der Waals surface area contributed by atoms with Gasteiger partial charge in [0.25, 0.3) is 0 Å². The molecule has 0 saturated heterocycles. The van der Waals surface area contributed by atoms with Gasteiger partial charge in [-0.15, -0.1) is 0 Å². The number of hydrogen-bond donors (Lipinski definition) is 1. The summed E-state index contributed by atoms with van der Waals surface area (Å²) in [5.74, 6) is -0.251. The quantitative estimate of drug-likeness (QED) is 0.790. The van der Waals surface area contributed by atoms with Crippen molar-refractivity contribution in [1.82, 2.24) is 14.3 Å². The summed E-state index contributed by atoms with van der Waals surface area (Å²) < 4.78 is 8.09. The fourth-order valence-corrected chi connectivity index (χ4v) is 2.76. The largest absolute Gasteiger partial charge is 0.420 e. The molecule has 0 spiro atoms. The van der Waals surface area contributed by atoms with E-state index in [9.17, 15) is 9.59 Å². The van der Waals surface area contributed by atoms with Crippen molar-refractivity contribution in [3.05, 3.63) is 46.6 Å². The Bertz CT molecular complexity index is 972. The molecule has 0 aliphatic rings. The number of carbonyl (C=O) groups excluding carboxylic acids is 1. The first kappa shape index (κ1) is 17.0. The van der Waals surface area contributed by atoms with Gasteiger partial charge in [-0.05, 0) is 24.0 Å². The van der Waals surface area contributed by atoms with Gasteiger partial charge in [-0.25, -0.2) is 4.79 Å². The molecule has 7 heteroatoms. The number of amides is 1. The lowest BCUT2D eigenvalue weighted by Crippen LogP contribution is -2.25. The second-order valence-electron chi connectivity index (χ2n) is 7.35. The molecule has 2 heterocycles. The van der Waals surface area contributed by atoms with Crippen LogP contribution in [0.1, 0.15) is 26.5 Å². The summed E-state index contributed by atoms with van der Waals surface area (Å²) in [5, 5.41) is 7.24. The Balaban J connectivity index is 1.77. The first-order chi connectivity index (χ1) is 11.7. The van der Waals surface area contributed by atoms with Crippen LogP contribution in [0.2, 0.25) is 0 Å². The summed E-state index contributed by atoms with van der Waals surface area (Å²) in [6.45, 7) is 6.29. The number of para-hydroxylation sites is 2. The fraction of sp³-hybridized carbons (Fsp3) is 0.389. The minimum Gasteiger partial charge on any atom is -0.408 e. The monoisotopic (exact) mass is 342 g/mol. The van der Waals surface area contributed by atoms with E-state index < -0.39 is 5.76 Å². The summed E-state index contributed by atoms with van der Waals surface area (Å²) in [7, 11) is 1.78. The Morgan fingerprint density at radius 3 is 2.72 bits per heavy atom. The normalized spacial score (nSPS) is 11.8. The molecule has 132 valence electrons. The molecule has 0 radical (unpaired) electrons. The van der Waals surface area contributed by atoms with E-state index >= 15 is 0 Å². The molecule has 0 aliphatic carbocycles. The molecule has 2 aromatic heterocycles. The number of fused-ring (bicyclic) bond motifs is 1. The smallest absolute Gasteiger partial charge is 0.408 e. The molecule has 7 nitrogen and oxygen atoms in total. The summed E-state index contributed by atoms with van der Waals surface area (Å²) in [6, 6.07) is 8.89. The van der Waals surface area contributed by atoms with Crippen LogP contribution in [-0.4, -0.2) is 20.3 Å². The maximum Gasteiger partial charge on any atom is 0.420 e. The SMILES string of the molecule is Cn1nc(CC(C)(C)C)cc1NC(=O)Cn1c(=O)oc2ccccc21. The third kappa shape index (κ3) is 3.81. The van der Waals surface area contributed by atoms with Crippen molar-refractivity contribution < 1.29 is 9.21 Å². The number of benzene rings is 1. The molecule has 0 aliphatic heterocycles. The third-order valence-electron chi connectivity index (χ3n) is 3.78. The van der Waals surface area contributed by atoms with Gasteiger partial charge in [0, 0.05) is 13.1 Å². The van der Waals surface area contributed by atoms with E-state index in [-0.39, 0.29) is 17.9 Å². The number of aromatic nitrogens is 3. The van der Waals surface area contributed by atoms with Gasteiger partial charge in [-0.3, -0.25) is 14.0 Å². The van der Waals surface area contributed by atoms with Crippen LogP contribution in [0.3, 0.4) is 0 Å². The Hall–Kier alpha value is -2.83. The van der Waals surface area contributed by atoms with E-state index in [2.05, 4.69) is 31.2 Å². The zero-order valence-electron chi connectivity index (χ0n) is 14.9. The van der Waals surface area contributed by atoms with E-state index in [0.29, 0.717) is 16.9 Å². The van der Waals surface area contributed by atoms with Crippen molar-refractivity contribution in [2.75, 3.05) is 5.32 Å². The number of carbonyl (C=O) groups is 1. The van der Waals surface area contributed by atoms with Crippen molar-refractivity contribution >= 4 is 22.8 Å². The van der Waals surface area contributed by atoms with Gasteiger partial charge in [0.1, 0.15) is 12.4 Å². The molecule has 0 unspecified atom stereocenters. The highest BCUT2D eigenvalue weighted by atomic mass is 16.4. The Kier molecular flexibility index (Phi) is 4.24. The van der Waals surface area contributed by atoms with E-state index in [1.54, 1.807) is 36.0 Å². The van der Waals surface area contributed by atoms with Crippen molar-refractivity contribution in [1.29, 1.82) is 0 Å². The van der Waals surface area contributed by atoms with Crippen LogP contribution in [-0.2, 0) is 24.8 Å². The second kappa shape index (κ2) is 6.23. The van der Waals surface area contributed by atoms with Crippen LogP contribution in [0.25, 0.3) is 11.1 Å². The average Bonchev–Trinajstić information content (AvgIpc) is 2.98. The molecule has 1 N–H and O–H groups in total. The van der Waals surface area contributed by atoms with E-state index in [0.717, 1.165) is 12.1 Å². The molecule has 0 atom stereocenters. The Morgan fingerprint density at radius 2 is 2.00 bits per heavy atom. The van der Waals surface area contributed by atoms with Gasteiger partial charge in [0.05, 0.1) is 11.2 Å². The van der Waals surface area contributed by atoms with Gasteiger partial charge >= 0.3 is 5.76 Å². The number of nitrogens with zero attached hydrogens (tertiary/aromatic N) is 3. The highest BCUT2D eigenvalue weighted by molar-refractivity contribution is 5.90. The van der Waals surface area contributed by atoms with Crippen LogP contribution in [0.5, 0.6) is 0 Å². The van der Waals surface area contributed by atoms with Crippen LogP contribution in [0.15, 0.2) is 39.5 Å². The van der Waals surface area contributed by atoms with Crippen LogP contribution in [0.4, 0.5) is 5.82 Å². The van der Waals surface area contributed by atoms with Crippen molar-refractivity contribution in [3.63, 3.8) is 0 Å². The van der Waals surface area contributed by atoms with E-state index in [4.69, 9.17) is 4.42 Å². The summed E-state index contributed by atoms with van der Waals surface area (Å²) in [5.41, 5.74) is 2.09. The van der Waals surface area contributed by atoms with Gasteiger partial charge in [-0.2, -0.15) is 5.10 Å². The summed E-state index contributed by atoms with van der Waals surface area (Å²) in [4.78, 5) is 24.3. The minimum atomic E-state index is -0.547. The molecule has 3 aromatic rings. The molecule has 1 aromatic carbocycles. The van der Waals surface area contributed by atoms with Gasteiger partial charge in [-0.1, -0.05) is 32.9 Å². The number of anilines is 1. The zero-order valence-corrected chi connectivity index (χ0v) is 14.9. The highest BCUT2D eigenvalue weighted by Crippen LogP contribution is 2.21. The predicted octanol–water partition coefficient (Wildman–Crippen LogP) is 2.56. The van der Waals surface area contributed by atoms with Gasteiger partial charge < -0.3 is 9.73 Å². The minimum absolute atomic E-state index is 0.110. The predicted molar refractivity (Wildman–Crippen MR) is 95.5 cm³/mol. The number of oxazole rings is 1. The highest BCUT2D eigenvalue weighted by Gasteiger charge is 2.17. The fourth-order valence-electron chi connectivity index (χ4n) is 2.76. The van der Waals surface area contributed by atoms with Gasteiger partial charge in [0.15, 0.2) is 5.58 Å². The zero-order chi connectivity index (χ0) is 18.2. The van der Waals surface area contributed by atoms with Crippen LogP contribution < -0.4 is 11.1 Å². The van der Waals surface area contributed by atoms with Gasteiger partial charge in [0.2, 0.25) is 5.91 Å². The average molecular weight is 342 g/mol. The number of nitrogens with one attached hydrogen (secondary N) is 1. The number of hydrogen-bond acceptors (Lipinski definition) is 4. The van der Waals surface area contributed by atoms with Crippen molar-refractivity contribution in [2.45, 2.75) is 33.7 Å². The van der Waals surface area contributed by atoms with E-state index in [1.807, 2.05) is 6.07 Å².